The van der Waals surface area contributed by atoms with E-state index in [-0.39, 0.29) is 23.1 Å². The Labute approximate surface area is 148 Å². The lowest BCUT2D eigenvalue weighted by molar-refractivity contribution is -0.141. The van der Waals surface area contributed by atoms with Crippen molar-refractivity contribution in [3.05, 3.63) is 23.3 Å². The Morgan fingerprint density at radius 1 is 1.12 bits per heavy atom. The second kappa shape index (κ2) is 6.46. The van der Waals surface area contributed by atoms with Crippen LogP contribution < -0.4 is 0 Å². The van der Waals surface area contributed by atoms with Gasteiger partial charge in [-0.3, -0.25) is 4.79 Å². The van der Waals surface area contributed by atoms with Crippen LogP contribution in [0.15, 0.2) is 12.1 Å². The Hall–Kier alpha value is -2.44. The Bertz CT molecular complexity index is 747. The van der Waals surface area contributed by atoms with Gasteiger partial charge in [0.25, 0.3) is 0 Å². The Balaban J connectivity index is 2.68. The SMILES string of the molecule is COC(=O)Cn1nnnc1-c1cc(C(C)(C)C)c(O)c(C(C)(C)C)c1. The highest BCUT2D eigenvalue weighted by Gasteiger charge is 2.28. The average molecular weight is 346 g/mol. The normalized spacial score (nSPS) is 12.3. The van der Waals surface area contributed by atoms with Gasteiger partial charge in [-0.1, -0.05) is 41.5 Å². The van der Waals surface area contributed by atoms with E-state index >= 15 is 0 Å². The van der Waals surface area contributed by atoms with Crippen LogP contribution in [0.25, 0.3) is 11.4 Å². The van der Waals surface area contributed by atoms with Gasteiger partial charge in [-0.05, 0) is 33.4 Å². The molecule has 0 atom stereocenters. The van der Waals surface area contributed by atoms with Gasteiger partial charge in [-0.15, -0.1) is 5.10 Å². The molecule has 0 fully saturated rings. The van der Waals surface area contributed by atoms with Gasteiger partial charge >= 0.3 is 5.97 Å². The number of phenolic OH excluding ortho intramolecular Hbond substituents is 1. The molecule has 2 rings (SSSR count). The summed E-state index contributed by atoms with van der Waals surface area (Å²) >= 11 is 0. The number of nitrogens with zero attached hydrogens (tertiary/aromatic N) is 4. The highest BCUT2D eigenvalue weighted by Crippen LogP contribution is 2.41. The number of rotatable bonds is 3. The van der Waals surface area contributed by atoms with Crippen molar-refractivity contribution >= 4 is 5.97 Å². The molecule has 1 aromatic carbocycles. The molecule has 0 saturated heterocycles. The van der Waals surface area contributed by atoms with Crippen molar-refractivity contribution in [1.29, 1.82) is 0 Å². The van der Waals surface area contributed by atoms with Crippen LogP contribution in [0, 0.1) is 0 Å². The number of benzene rings is 1. The Morgan fingerprint density at radius 2 is 1.64 bits per heavy atom. The Morgan fingerprint density at radius 3 is 2.08 bits per heavy atom. The fourth-order valence-electron chi connectivity index (χ4n) is 2.61. The lowest BCUT2D eigenvalue weighted by atomic mass is 9.78. The second-order valence-electron chi connectivity index (χ2n) is 8.16. The van der Waals surface area contributed by atoms with Gasteiger partial charge in [0.05, 0.1) is 7.11 Å². The molecule has 2 aromatic rings. The molecule has 0 spiro atoms. The molecule has 0 aliphatic carbocycles. The molecule has 1 aromatic heterocycles. The molecule has 0 saturated carbocycles. The quantitative estimate of drug-likeness (QED) is 0.860. The molecule has 1 N–H and O–H groups in total. The van der Waals surface area contributed by atoms with Crippen molar-refractivity contribution in [3.63, 3.8) is 0 Å². The van der Waals surface area contributed by atoms with E-state index in [1.807, 2.05) is 53.7 Å². The summed E-state index contributed by atoms with van der Waals surface area (Å²) in [5.41, 5.74) is 1.84. The third-order valence-corrected chi connectivity index (χ3v) is 4.02. The molecule has 25 heavy (non-hydrogen) atoms. The topological polar surface area (TPSA) is 90.1 Å². The lowest BCUT2D eigenvalue weighted by Crippen LogP contribution is -2.18. The van der Waals surface area contributed by atoms with E-state index in [1.54, 1.807) is 0 Å². The number of carbonyl (C=O) groups excluding carboxylic acids is 1. The number of aromatic nitrogens is 4. The number of hydrogen-bond donors (Lipinski definition) is 1. The largest absolute Gasteiger partial charge is 0.507 e. The summed E-state index contributed by atoms with van der Waals surface area (Å²) in [6.07, 6.45) is 0. The third-order valence-electron chi connectivity index (χ3n) is 4.02. The minimum absolute atomic E-state index is 0.0740. The van der Waals surface area contributed by atoms with Crippen LogP contribution >= 0.6 is 0 Å². The van der Waals surface area contributed by atoms with E-state index in [1.165, 1.54) is 11.8 Å². The predicted octanol–water partition coefficient (Wildman–Crippen LogP) is 2.81. The summed E-state index contributed by atoms with van der Waals surface area (Å²) in [5, 5.41) is 22.4. The van der Waals surface area contributed by atoms with E-state index in [9.17, 15) is 9.90 Å². The standard InChI is InChI=1S/C18H26N4O3/c1-17(2,3)12-8-11(9-13(15(12)24)18(4,5)6)16-19-20-21-22(16)10-14(23)25-7/h8-9,24H,10H2,1-7H3. The van der Waals surface area contributed by atoms with Crippen molar-refractivity contribution in [3.8, 4) is 17.1 Å². The van der Waals surface area contributed by atoms with Crippen LogP contribution in [0.5, 0.6) is 5.75 Å². The summed E-state index contributed by atoms with van der Waals surface area (Å²) < 4.78 is 6.09. The summed E-state index contributed by atoms with van der Waals surface area (Å²) in [6, 6.07) is 3.76. The zero-order valence-electron chi connectivity index (χ0n) is 15.9. The summed E-state index contributed by atoms with van der Waals surface area (Å²) in [5.74, 6) is 0.316. The number of phenols is 1. The van der Waals surface area contributed by atoms with Crippen molar-refractivity contribution in [2.75, 3.05) is 7.11 Å². The molecule has 0 radical (unpaired) electrons. The molecule has 0 bridgehead atoms. The number of carbonyl (C=O) groups is 1. The van der Waals surface area contributed by atoms with Gasteiger partial charge < -0.3 is 9.84 Å². The highest BCUT2D eigenvalue weighted by molar-refractivity contribution is 5.70. The second-order valence-corrected chi connectivity index (χ2v) is 8.16. The Kier molecular flexibility index (Phi) is 4.88. The minimum atomic E-state index is -0.431. The van der Waals surface area contributed by atoms with Crippen LogP contribution in [0.4, 0.5) is 0 Å². The lowest BCUT2D eigenvalue weighted by Gasteiger charge is -2.28. The van der Waals surface area contributed by atoms with Crippen molar-refractivity contribution < 1.29 is 14.6 Å². The van der Waals surface area contributed by atoms with Crippen LogP contribution in [0.3, 0.4) is 0 Å². The maximum absolute atomic E-state index is 11.6. The first-order chi connectivity index (χ1) is 11.4. The number of ether oxygens (including phenoxy) is 1. The number of esters is 1. The molecule has 0 amide bonds. The molecule has 0 aliphatic rings. The van der Waals surface area contributed by atoms with E-state index in [0.717, 1.165) is 16.7 Å². The zero-order chi connectivity index (χ0) is 19.0. The molecule has 1 heterocycles. The van der Waals surface area contributed by atoms with Gasteiger partial charge in [0.15, 0.2) is 5.82 Å². The monoisotopic (exact) mass is 346 g/mol. The fourth-order valence-corrected chi connectivity index (χ4v) is 2.61. The first-order valence-electron chi connectivity index (χ1n) is 8.16. The fraction of sp³-hybridized carbons (Fsp3) is 0.556. The summed E-state index contributed by atoms with van der Waals surface area (Å²) in [7, 11) is 1.32. The van der Waals surface area contributed by atoms with E-state index in [2.05, 4.69) is 15.5 Å². The molecular formula is C18H26N4O3. The van der Waals surface area contributed by atoms with Crippen molar-refractivity contribution in [2.45, 2.75) is 58.9 Å². The van der Waals surface area contributed by atoms with Gasteiger partial charge in [0.2, 0.25) is 0 Å². The number of hydrogen-bond acceptors (Lipinski definition) is 6. The molecule has 0 aliphatic heterocycles. The van der Waals surface area contributed by atoms with E-state index in [0.29, 0.717) is 5.82 Å². The van der Waals surface area contributed by atoms with Crippen LogP contribution in [-0.4, -0.2) is 38.4 Å². The maximum atomic E-state index is 11.6. The highest BCUT2D eigenvalue weighted by atomic mass is 16.5. The third kappa shape index (κ3) is 3.97. The van der Waals surface area contributed by atoms with Crippen molar-refractivity contribution in [2.24, 2.45) is 0 Å². The number of methoxy groups -OCH3 is 1. The summed E-state index contributed by atoms with van der Waals surface area (Å²) in [6.45, 7) is 12.2. The van der Waals surface area contributed by atoms with Gasteiger partial charge in [0, 0.05) is 16.7 Å². The average Bonchev–Trinajstić information content (AvgIpc) is 2.93. The first-order valence-corrected chi connectivity index (χ1v) is 8.16. The first kappa shape index (κ1) is 18.9. The van der Waals surface area contributed by atoms with E-state index < -0.39 is 5.97 Å². The predicted molar refractivity (Wildman–Crippen MR) is 94.3 cm³/mol. The molecule has 136 valence electrons. The van der Waals surface area contributed by atoms with Crippen LogP contribution in [0.1, 0.15) is 52.7 Å². The molecule has 7 heteroatoms. The number of tetrazole rings is 1. The van der Waals surface area contributed by atoms with Crippen LogP contribution in [0.2, 0.25) is 0 Å². The van der Waals surface area contributed by atoms with Crippen LogP contribution in [-0.2, 0) is 26.9 Å². The number of aromatic hydroxyl groups is 1. The smallest absolute Gasteiger partial charge is 0.327 e. The van der Waals surface area contributed by atoms with Gasteiger partial charge in [-0.2, -0.15) is 0 Å². The molecular weight excluding hydrogens is 320 g/mol. The van der Waals surface area contributed by atoms with E-state index in [4.69, 9.17) is 4.74 Å². The minimum Gasteiger partial charge on any atom is -0.507 e. The molecule has 7 nitrogen and oxygen atoms in total. The van der Waals surface area contributed by atoms with Gasteiger partial charge in [0.1, 0.15) is 12.3 Å². The van der Waals surface area contributed by atoms with Crippen molar-refractivity contribution in [1.82, 2.24) is 20.2 Å². The molecule has 0 unspecified atom stereocenters. The zero-order valence-corrected chi connectivity index (χ0v) is 15.9. The van der Waals surface area contributed by atoms with Gasteiger partial charge in [-0.25, -0.2) is 4.68 Å². The maximum Gasteiger partial charge on any atom is 0.327 e. The summed E-state index contributed by atoms with van der Waals surface area (Å²) in [4.78, 5) is 11.6.